The molecule has 0 bridgehead atoms. The molecular weight excluding hydrogens is 201 g/mol. The highest BCUT2D eigenvalue weighted by Crippen LogP contribution is 2.22. The van der Waals surface area contributed by atoms with Crippen LogP contribution in [-0.4, -0.2) is 24.9 Å². The third-order valence-electron chi connectivity index (χ3n) is 2.14. The van der Waals surface area contributed by atoms with Gasteiger partial charge in [-0.1, -0.05) is 12.1 Å². The molecule has 0 spiro atoms. The first-order valence-corrected chi connectivity index (χ1v) is 4.27. The number of hydrogen-bond acceptors (Lipinski definition) is 4. The number of hydrogen-bond donors (Lipinski definition) is 2. The molecule has 0 radical (unpaired) electrons. The van der Waals surface area contributed by atoms with Gasteiger partial charge < -0.3 is 15.6 Å². The number of phenolic OH excluding ortho intramolecular Hbond substituents is 1. The van der Waals surface area contributed by atoms with Gasteiger partial charge in [0.15, 0.2) is 5.54 Å². The lowest BCUT2D eigenvalue weighted by Crippen LogP contribution is -2.47. The molecule has 3 N–H and O–H groups in total. The van der Waals surface area contributed by atoms with Gasteiger partial charge in [-0.15, -0.1) is 0 Å². The molecule has 1 unspecified atom stereocenters. The molecule has 1 aromatic carbocycles. The molecule has 4 nitrogen and oxygen atoms in total. The fourth-order valence-corrected chi connectivity index (χ4v) is 1.19. The van der Waals surface area contributed by atoms with Crippen LogP contribution in [0.3, 0.4) is 0 Å². The Morgan fingerprint density at radius 2 is 2.07 bits per heavy atom. The van der Waals surface area contributed by atoms with E-state index in [4.69, 9.17) is 10.8 Å². The van der Waals surface area contributed by atoms with E-state index in [0.29, 0.717) is 0 Å². The molecule has 1 aromatic rings. The molecule has 0 aromatic heterocycles. The minimum absolute atomic E-state index is 0.0184. The number of esters is 1. The molecule has 1 rings (SSSR count). The van der Waals surface area contributed by atoms with Crippen LogP contribution in [0, 0.1) is 0 Å². The Kier molecular flexibility index (Phi) is 3.26. The Labute approximate surface area is 86.5 Å². The number of rotatable bonds is 3. The zero-order chi connectivity index (χ0) is 11.5. The number of alkyl halides is 1. The lowest BCUT2D eigenvalue weighted by atomic mass is 9.92. The van der Waals surface area contributed by atoms with E-state index in [1.165, 1.54) is 24.3 Å². The van der Waals surface area contributed by atoms with Gasteiger partial charge in [-0.25, -0.2) is 9.18 Å². The van der Waals surface area contributed by atoms with Crippen LogP contribution < -0.4 is 5.73 Å². The Morgan fingerprint density at radius 1 is 1.53 bits per heavy atom. The first-order chi connectivity index (χ1) is 7.04. The van der Waals surface area contributed by atoms with Crippen LogP contribution in [-0.2, 0) is 15.1 Å². The molecule has 0 aliphatic carbocycles. The summed E-state index contributed by atoms with van der Waals surface area (Å²) < 4.78 is 17.2. The quantitative estimate of drug-likeness (QED) is 0.724. The van der Waals surface area contributed by atoms with Gasteiger partial charge in [-0.2, -0.15) is 0 Å². The van der Waals surface area contributed by atoms with E-state index in [1.54, 1.807) is 0 Å². The summed E-state index contributed by atoms with van der Waals surface area (Å²) in [6.45, 7) is -1.07. The van der Waals surface area contributed by atoms with Crippen molar-refractivity contribution in [2.24, 2.45) is 5.73 Å². The normalized spacial score (nSPS) is 14.3. The van der Waals surface area contributed by atoms with Gasteiger partial charge in [0.1, 0.15) is 12.4 Å². The number of benzene rings is 1. The molecule has 1 atom stereocenters. The second-order valence-electron chi connectivity index (χ2n) is 3.14. The second kappa shape index (κ2) is 4.27. The predicted octanol–water partition coefficient (Wildman–Crippen LogP) is 0.689. The highest BCUT2D eigenvalue weighted by molar-refractivity contribution is 5.82. The van der Waals surface area contributed by atoms with Crippen molar-refractivity contribution in [1.82, 2.24) is 0 Å². The summed E-state index contributed by atoms with van der Waals surface area (Å²) in [6.07, 6.45) is 0. The van der Waals surface area contributed by atoms with Crippen molar-refractivity contribution in [3.8, 4) is 5.75 Å². The Hall–Kier alpha value is -1.62. The smallest absolute Gasteiger partial charge is 0.333 e. The third kappa shape index (κ3) is 2.07. The molecule has 5 heteroatoms. The number of methoxy groups -OCH3 is 1. The Bertz CT molecular complexity index is 352. The molecule has 15 heavy (non-hydrogen) atoms. The van der Waals surface area contributed by atoms with Crippen molar-refractivity contribution in [1.29, 1.82) is 0 Å². The molecule has 0 saturated carbocycles. The molecule has 82 valence electrons. The maximum atomic E-state index is 12.8. The van der Waals surface area contributed by atoms with Gasteiger partial charge >= 0.3 is 5.97 Å². The lowest BCUT2D eigenvalue weighted by molar-refractivity contribution is -0.148. The van der Waals surface area contributed by atoms with Crippen LogP contribution in [0.25, 0.3) is 0 Å². The largest absolute Gasteiger partial charge is 0.508 e. The number of ether oxygens (including phenoxy) is 1. The fraction of sp³-hybridized carbons (Fsp3) is 0.300. The van der Waals surface area contributed by atoms with Crippen molar-refractivity contribution in [3.63, 3.8) is 0 Å². The van der Waals surface area contributed by atoms with Gasteiger partial charge in [0.25, 0.3) is 0 Å². The average molecular weight is 213 g/mol. The summed E-state index contributed by atoms with van der Waals surface area (Å²) in [5.41, 5.74) is 4.05. The summed E-state index contributed by atoms with van der Waals surface area (Å²) >= 11 is 0. The predicted molar refractivity (Wildman–Crippen MR) is 52.0 cm³/mol. The minimum atomic E-state index is -1.80. The number of aromatic hydroxyl groups is 1. The van der Waals surface area contributed by atoms with Crippen LogP contribution in [0.4, 0.5) is 4.39 Å². The highest BCUT2D eigenvalue weighted by Gasteiger charge is 2.37. The van der Waals surface area contributed by atoms with Gasteiger partial charge in [0.2, 0.25) is 0 Å². The van der Waals surface area contributed by atoms with Crippen LogP contribution in [0.5, 0.6) is 5.75 Å². The maximum Gasteiger partial charge on any atom is 0.333 e. The number of carbonyl (C=O) groups is 1. The molecule has 0 heterocycles. The molecule has 0 amide bonds. The fourth-order valence-electron chi connectivity index (χ4n) is 1.19. The van der Waals surface area contributed by atoms with Crippen molar-refractivity contribution in [3.05, 3.63) is 29.8 Å². The van der Waals surface area contributed by atoms with E-state index in [9.17, 15) is 9.18 Å². The summed E-state index contributed by atoms with van der Waals surface area (Å²) in [4.78, 5) is 11.3. The monoisotopic (exact) mass is 213 g/mol. The summed E-state index contributed by atoms with van der Waals surface area (Å²) in [7, 11) is 1.14. The van der Waals surface area contributed by atoms with Crippen molar-refractivity contribution < 1.29 is 19.0 Å². The van der Waals surface area contributed by atoms with Crippen molar-refractivity contribution >= 4 is 5.97 Å². The zero-order valence-electron chi connectivity index (χ0n) is 8.24. The molecule has 0 fully saturated rings. The van der Waals surface area contributed by atoms with Crippen molar-refractivity contribution in [2.75, 3.05) is 13.8 Å². The number of phenols is 1. The maximum absolute atomic E-state index is 12.8. The summed E-state index contributed by atoms with van der Waals surface area (Å²) in [5.74, 6) is -0.833. The Morgan fingerprint density at radius 3 is 2.47 bits per heavy atom. The molecule has 0 aliphatic rings. The first kappa shape index (κ1) is 11.5. The van der Waals surface area contributed by atoms with Crippen molar-refractivity contribution in [2.45, 2.75) is 5.54 Å². The van der Waals surface area contributed by atoms with E-state index in [1.807, 2.05) is 0 Å². The van der Waals surface area contributed by atoms with Gasteiger partial charge in [-0.3, -0.25) is 0 Å². The van der Waals surface area contributed by atoms with E-state index in [2.05, 4.69) is 4.74 Å². The van der Waals surface area contributed by atoms with Gasteiger partial charge in [-0.05, 0) is 17.7 Å². The average Bonchev–Trinajstić information content (AvgIpc) is 2.27. The summed E-state index contributed by atoms with van der Waals surface area (Å²) in [5, 5.41) is 9.04. The topological polar surface area (TPSA) is 72.5 Å². The van der Waals surface area contributed by atoms with Crippen LogP contribution >= 0.6 is 0 Å². The lowest BCUT2D eigenvalue weighted by Gasteiger charge is -2.23. The minimum Gasteiger partial charge on any atom is -0.508 e. The van der Waals surface area contributed by atoms with Crippen LogP contribution in [0.2, 0.25) is 0 Å². The number of carbonyl (C=O) groups excluding carboxylic acids is 1. The molecule has 0 aliphatic heterocycles. The summed E-state index contributed by atoms with van der Waals surface area (Å²) in [6, 6.07) is 5.42. The van der Waals surface area contributed by atoms with E-state index < -0.39 is 18.2 Å². The number of nitrogens with two attached hydrogens (primary N) is 1. The second-order valence-corrected chi connectivity index (χ2v) is 3.14. The third-order valence-corrected chi connectivity index (χ3v) is 2.14. The Balaban J connectivity index is 3.11. The number of halogens is 1. The van der Waals surface area contributed by atoms with Gasteiger partial charge in [0, 0.05) is 0 Å². The SMILES string of the molecule is COC(=O)C(N)(CF)c1ccc(O)cc1. The van der Waals surface area contributed by atoms with Crippen LogP contribution in [0.1, 0.15) is 5.56 Å². The van der Waals surface area contributed by atoms with Crippen LogP contribution in [0.15, 0.2) is 24.3 Å². The first-order valence-electron chi connectivity index (χ1n) is 4.27. The zero-order valence-corrected chi connectivity index (χ0v) is 8.24. The highest BCUT2D eigenvalue weighted by atomic mass is 19.1. The van der Waals surface area contributed by atoms with E-state index in [0.717, 1.165) is 7.11 Å². The standard InChI is InChI=1S/C10H12FNO3/c1-15-9(14)10(12,6-11)7-2-4-8(13)5-3-7/h2-5,13H,6,12H2,1H3. The van der Waals surface area contributed by atoms with E-state index in [-0.39, 0.29) is 11.3 Å². The molecule has 0 saturated heterocycles. The van der Waals surface area contributed by atoms with Gasteiger partial charge in [0.05, 0.1) is 7.11 Å². The molecular formula is C10H12FNO3. The van der Waals surface area contributed by atoms with E-state index >= 15 is 0 Å².